The first-order chi connectivity index (χ1) is 9.32. The van der Waals surface area contributed by atoms with E-state index in [1.807, 2.05) is 32.9 Å². The van der Waals surface area contributed by atoms with Gasteiger partial charge in [0.1, 0.15) is 11.4 Å². The van der Waals surface area contributed by atoms with E-state index < -0.39 is 5.60 Å². The molecule has 1 heterocycles. The fourth-order valence-corrected chi connectivity index (χ4v) is 2.18. The van der Waals surface area contributed by atoms with E-state index in [0.29, 0.717) is 0 Å². The molecule has 0 spiro atoms. The van der Waals surface area contributed by atoms with Gasteiger partial charge in [0.2, 0.25) is 0 Å². The second-order valence-corrected chi connectivity index (χ2v) is 6.21. The highest BCUT2D eigenvalue weighted by molar-refractivity contribution is 5.68. The number of alkyl carbamates (subject to hydrolysis) is 1. The van der Waals surface area contributed by atoms with Crippen molar-refractivity contribution in [1.29, 1.82) is 0 Å². The van der Waals surface area contributed by atoms with Crippen molar-refractivity contribution < 1.29 is 14.6 Å². The first-order valence-corrected chi connectivity index (χ1v) is 6.81. The van der Waals surface area contributed by atoms with Crippen molar-refractivity contribution in [2.45, 2.75) is 39.0 Å². The van der Waals surface area contributed by atoms with Crippen molar-refractivity contribution in [2.24, 2.45) is 0 Å². The summed E-state index contributed by atoms with van der Waals surface area (Å²) >= 11 is 0. The fraction of sp³-hybridized carbons (Fsp3) is 0.533. The number of rotatable bonds is 3. The number of likely N-dealkylation sites (tertiary alicyclic amines) is 1. The SMILES string of the molecule is CC(C)(C)OC(=O)NC1CN(Cc2cccc(O)c2)C1. The molecule has 1 amide bonds. The molecule has 2 rings (SSSR count). The molecule has 1 aliphatic rings. The average molecular weight is 278 g/mol. The van der Waals surface area contributed by atoms with Crippen molar-refractivity contribution in [2.75, 3.05) is 13.1 Å². The molecule has 1 fully saturated rings. The van der Waals surface area contributed by atoms with Gasteiger partial charge in [0.15, 0.2) is 0 Å². The number of phenolic OH excluding ortho intramolecular Hbond substituents is 1. The Morgan fingerprint density at radius 2 is 2.15 bits per heavy atom. The number of phenols is 1. The first kappa shape index (κ1) is 14.7. The predicted octanol–water partition coefficient (Wildman–Crippen LogP) is 2.10. The maximum absolute atomic E-state index is 11.6. The maximum Gasteiger partial charge on any atom is 0.407 e. The van der Waals surface area contributed by atoms with Crippen LogP contribution >= 0.6 is 0 Å². The zero-order valence-electron chi connectivity index (χ0n) is 12.2. The van der Waals surface area contributed by atoms with Crippen LogP contribution in [-0.4, -0.2) is 40.8 Å². The van der Waals surface area contributed by atoms with E-state index in [0.717, 1.165) is 25.2 Å². The van der Waals surface area contributed by atoms with Crippen molar-refractivity contribution in [3.8, 4) is 5.75 Å². The number of nitrogens with one attached hydrogen (secondary N) is 1. The lowest BCUT2D eigenvalue weighted by Crippen LogP contribution is -2.59. The number of aromatic hydroxyl groups is 1. The molecule has 0 aromatic heterocycles. The van der Waals surface area contributed by atoms with Gasteiger partial charge in [-0.25, -0.2) is 4.79 Å². The van der Waals surface area contributed by atoms with E-state index in [1.54, 1.807) is 12.1 Å². The van der Waals surface area contributed by atoms with Crippen LogP contribution < -0.4 is 5.32 Å². The van der Waals surface area contributed by atoms with E-state index in [9.17, 15) is 9.90 Å². The van der Waals surface area contributed by atoms with Crippen LogP contribution in [0.4, 0.5) is 4.79 Å². The Balaban J connectivity index is 1.71. The Labute approximate surface area is 119 Å². The van der Waals surface area contributed by atoms with Crippen molar-refractivity contribution in [3.63, 3.8) is 0 Å². The van der Waals surface area contributed by atoms with Crippen LogP contribution in [0.15, 0.2) is 24.3 Å². The van der Waals surface area contributed by atoms with E-state index in [4.69, 9.17) is 4.74 Å². The third kappa shape index (κ3) is 4.42. The van der Waals surface area contributed by atoms with Gasteiger partial charge in [-0.3, -0.25) is 4.90 Å². The van der Waals surface area contributed by atoms with Crippen LogP contribution in [0.3, 0.4) is 0 Å². The Morgan fingerprint density at radius 3 is 2.75 bits per heavy atom. The molecule has 0 bridgehead atoms. The van der Waals surface area contributed by atoms with Gasteiger partial charge in [0.05, 0.1) is 6.04 Å². The summed E-state index contributed by atoms with van der Waals surface area (Å²) in [5, 5.41) is 12.3. The highest BCUT2D eigenvalue weighted by atomic mass is 16.6. The summed E-state index contributed by atoms with van der Waals surface area (Å²) in [6.07, 6.45) is -0.362. The number of hydrogen-bond donors (Lipinski definition) is 2. The standard InChI is InChI=1S/C15H22N2O3/c1-15(2,3)20-14(19)16-12-9-17(10-12)8-11-5-4-6-13(18)7-11/h4-7,12,18H,8-10H2,1-3H3,(H,16,19). The van der Waals surface area contributed by atoms with Crippen molar-refractivity contribution in [1.82, 2.24) is 10.2 Å². The van der Waals surface area contributed by atoms with Gasteiger partial charge >= 0.3 is 6.09 Å². The highest BCUT2D eigenvalue weighted by Gasteiger charge is 2.29. The Hall–Kier alpha value is -1.75. The zero-order valence-corrected chi connectivity index (χ0v) is 12.2. The molecule has 1 aromatic carbocycles. The minimum atomic E-state index is -0.463. The molecular weight excluding hydrogens is 256 g/mol. The van der Waals surface area contributed by atoms with Gasteiger partial charge in [0, 0.05) is 19.6 Å². The molecule has 20 heavy (non-hydrogen) atoms. The van der Waals surface area contributed by atoms with Crippen LogP contribution in [0.1, 0.15) is 26.3 Å². The number of carbonyl (C=O) groups excluding carboxylic acids is 1. The summed E-state index contributed by atoms with van der Waals surface area (Å²) in [6, 6.07) is 7.37. The minimum absolute atomic E-state index is 0.141. The van der Waals surface area contributed by atoms with Crippen LogP contribution in [-0.2, 0) is 11.3 Å². The molecule has 2 N–H and O–H groups in total. The summed E-state index contributed by atoms with van der Waals surface area (Å²) in [5.41, 5.74) is 0.607. The smallest absolute Gasteiger partial charge is 0.407 e. The van der Waals surface area contributed by atoms with Gasteiger partial charge in [-0.1, -0.05) is 12.1 Å². The second kappa shape index (κ2) is 5.71. The number of benzene rings is 1. The fourth-order valence-electron chi connectivity index (χ4n) is 2.18. The molecule has 0 aliphatic carbocycles. The summed E-state index contributed by atoms with van der Waals surface area (Å²) in [6.45, 7) is 7.93. The molecule has 0 radical (unpaired) electrons. The first-order valence-electron chi connectivity index (χ1n) is 6.81. The molecule has 0 saturated carbocycles. The second-order valence-electron chi connectivity index (χ2n) is 6.21. The van der Waals surface area contributed by atoms with Crippen molar-refractivity contribution in [3.05, 3.63) is 29.8 Å². The maximum atomic E-state index is 11.6. The summed E-state index contributed by atoms with van der Waals surface area (Å²) < 4.78 is 5.21. The van der Waals surface area contributed by atoms with E-state index in [2.05, 4.69) is 10.2 Å². The summed E-state index contributed by atoms with van der Waals surface area (Å²) in [7, 11) is 0. The molecule has 0 unspecified atom stereocenters. The van der Waals surface area contributed by atoms with Crippen LogP contribution in [0, 0.1) is 0 Å². The number of amides is 1. The normalized spacial score (nSPS) is 16.6. The lowest BCUT2D eigenvalue weighted by atomic mass is 10.1. The van der Waals surface area contributed by atoms with Crippen LogP contribution in [0.25, 0.3) is 0 Å². The number of carbonyl (C=O) groups is 1. The van der Waals surface area contributed by atoms with Gasteiger partial charge in [-0.15, -0.1) is 0 Å². The quantitative estimate of drug-likeness (QED) is 0.889. The third-order valence-electron chi connectivity index (χ3n) is 2.99. The third-order valence-corrected chi connectivity index (χ3v) is 2.99. The molecule has 110 valence electrons. The molecule has 1 aromatic rings. The summed E-state index contributed by atoms with van der Waals surface area (Å²) in [4.78, 5) is 13.8. The lowest BCUT2D eigenvalue weighted by molar-refractivity contribution is 0.0392. The summed E-state index contributed by atoms with van der Waals surface area (Å²) in [5.74, 6) is 0.284. The Morgan fingerprint density at radius 1 is 1.45 bits per heavy atom. The van der Waals surface area contributed by atoms with Crippen LogP contribution in [0.2, 0.25) is 0 Å². The monoisotopic (exact) mass is 278 g/mol. The highest BCUT2D eigenvalue weighted by Crippen LogP contribution is 2.17. The molecule has 0 atom stereocenters. The lowest BCUT2D eigenvalue weighted by Gasteiger charge is -2.39. The number of hydrogen-bond acceptors (Lipinski definition) is 4. The van der Waals surface area contributed by atoms with Gasteiger partial charge in [0.25, 0.3) is 0 Å². The predicted molar refractivity (Wildman–Crippen MR) is 76.5 cm³/mol. The number of nitrogens with zero attached hydrogens (tertiary/aromatic N) is 1. The van der Waals surface area contributed by atoms with Gasteiger partial charge in [-0.05, 0) is 38.5 Å². The molecule has 5 heteroatoms. The molecular formula is C15H22N2O3. The van der Waals surface area contributed by atoms with Gasteiger partial charge in [-0.2, -0.15) is 0 Å². The molecule has 1 saturated heterocycles. The average Bonchev–Trinajstić information content (AvgIpc) is 2.23. The van der Waals surface area contributed by atoms with Crippen LogP contribution in [0.5, 0.6) is 5.75 Å². The largest absolute Gasteiger partial charge is 0.508 e. The van der Waals surface area contributed by atoms with Gasteiger partial charge < -0.3 is 15.2 Å². The topological polar surface area (TPSA) is 61.8 Å². The number of ether oxygens (including phenoxy) is 1. The molecule has 5 nitrogen and oxygen atoms in total. The van der Waals surface area contributed by atoms with E-state index >= 15 is 0 Å². The van der Waals surface area contributed by atoms with E-state index in [-0.39, 0.29) is 17.9 Å². The Kier molecular flexibility index (Phi) is 4.18. The minimum Gasteiger partial charge on any atom is -0.508 e. The van der Waals surface area contributed by atoms with Crippen molar-refractivity contribution >= 4 is 6.09 Å². The molecule has 1 aliphatic heterocycles. The van der Waals surface area contributed by atoms with E-state index in [1.165, 1.54) is 0 Å². The Bertz CT molecular complexity index is 476. The zero-order chi connectivity index (χ0) is 14.8.